The van der Waals surface area contributed by atoms with E-state index in [1.807, 2.05) is 0 Å². The molecule has 11 amide bonds. The van der Waals surface area contributed by atoms with Crippen LogP contribution in [0.2, 0.25) is 0 Å². The number of hydrazine groups is 2. The number of benzene rings is 1. The molecule has 614 valence electrons. The average Bonchev–Trinajstić information content (AvgIpc) is 1.61. The first kappa shape index (κ1) is 89.2. The highest BCUT2D eigenvalue weighted by Crippen LogP contribution is 2.37. The lowest BCUT2D eigenvalue weighted by Gasteiger charge is -2.32. The van der Waals surface area contributed by atoms with Gasteiger partial charge in [-0.2, -0.15) is 11.8 Å². The maximum Gasteiger partial charge on any atom is 0.314 e. The van der Waals surface area contributed by atoms with E-state index in [4.69, 9.17) is 43.6 Å². The first-order valence-electron chi connectivity index (χ1n) is 36.9. The van der Waals surface area contributed by atoms with Gasteiger partial charge >= 0.3 is 6.03 Å². The maximum absolute atomic E-state index is 15.4. The molecular formula is C70H108N14O24S2. The molecule has 6 heterocycles. The van der Waals surface area contributed by atoms with Crippen LogP contribution < -0.4 is 58.6 Å². The summed E-state index contributed by atoms with van der Waals surface area (Å²) < 4.78 is 60.2. The van der Waals surface area contributed by atoms with E-state index in [-0.39, 0.29) is 73.3 Å². The highest BCUT2D eigenvalue weighted by atomic mass is 32.2. The summed E-state index contributed by atoms with van der Waals surface area (Å²) in [6.45, 7) is 9.91. The number of likely N-dealkylation sites (tertiary alicyclic amines) is 1. The SMILES string of the molecule is CC[C@H](C)[C@@H]1CC(=O)CNC(=O)[C@H]2CC(=O)[C@H]([C@@H](C)[C@@H](O)CO)NC(=O)[C@@H]3C[C@@H](O)CN3C(=O)[C@H](CC(N)=O)NC(=O)[C@H](CS(=O)c3[nH]c4c(CSCCNC(=O)NCCOCCOCCOCCOCCOCCOCCOCCN5C=C(CN6C(=O)CC(C)C6=O)NN5)c(OC)ccc4c3C2)NC(=O)CNC1=O. The maximum atomic E-state index is 15.4. The van der Waals surface area contributed by atoms with E-state index in [2.05, 4.69) is 53.2 Å². The van der Waals surface area contributed by atoms with E-state index in [1.54, 1.807) is 44.1 Å². The number of rotatable bonds is 39. The van der Waals surface area contributed by atoms with E-state index in [1.165, 1.54) is 30.7 Å². The minimum atomic E-state index is -2.44. The lowest BCUT2D eigenvalue weighted by atomic mass is 9.85. The minimum Gasteiger partial charge on any atom is -0.496 e. The fourth-order valence-corrected chi connectivity index (χ4v) is 15.1. The van der Waals surface area contributed by atoms with Crippen LogP contribution in [0.3, 0.4) is 0 Å². The van der Waals surface area contributed by atoms with E-state index < -0.39 is 194 Å². The molecule has 0 radical (unpaired) electrons. The number of ketones is 2. The number of nitrogens with two attached hydrogens (primary N) is 1. The first-order valence-corrected chi connectivity index (χ1v) is 39.4. The van der Waals surface area contributed by atoms with Gasteiger partial charge in [-0.05, 0) is 30.0 Å². The van der Waals surface area contributed by atoms with Crippen molar-refractivity contribution in [3.05, 3.63) is 35.2 Å². The van der Waals surface area contributed by atoms with Gasteiger partial charge in [0.1, 0.15) is 28.9 Å². The Morgan fingerprint density at radius 2 is 1.38 bits per heavy atom. The number of aliphatic hydroxyl groups excluding tert-OH is 3. The summed E-state index contributed by atoms with van der Waals surface area (Å²) in [5.74, 6) is -13.2. The molecule has 2 aromatic rings. The van der Waals surface area contributed by atoms with Crippen molar-refractivity contribution in [3.8, 4) is 5.75 Å². The van der Waals surface area contributed by atoms with E-state index in [0.717, 1.165) is 4.90 Å². The largest absolute Gasteiger partial charge is 0.496 e. The molecule has 0 spiro atoms. The van der Waals surface area contributed by atoms with Crippen molar-refractivity contribution in [2.45, 2.75) is 120 Å². The number of imide groups is 1. The molecule has 110 heavy (non-hydrogen) atoms. The lowest BCUT2D eigenvalue weighted by molar-refractivity contribution is -0.144. The molecule has 12 atom stereocenters. The lowest BCUT2D eigenvalue weighted by Crippen LogP contribution is -2.60. The van der Waals surface area contributed by atoms with Gasteiger partial charge in [-0.25, -0.2) is 4.79 Å². The third-order valence-corrected chi connectivity index (χ3v) is 21.6. The molecule has 1 aromatic heterocycles. The Labute approximate surface area is 643 Å². The summed E-state index contributed by atoms with van der Waals surface area (Å²) in [7, 11) is -1.02. The second kappa shape index (κ2) is 46.1. The normalized spacial score (nSPS) is 23.7. The summed E-state index contributed by atoms with van der Waals surface area (Å²) in [5, 5.41) is 52.2. The third-order valence-electron chi connectivity index (χ3n) is 19.1. The number of amides is 11. The Bertz CT molecular complexity index is 3540. The number of carbonyl (C=O) groups excluding carboxylic acids is 12. The molecular weight excluding hydrogens is 1480 g/mol. The van der Waals surface area contributed by atoms with Crippen LogP contribution in [0, 0.1) is 29.6 Å². The van der Waals surface area contributed by atoms with E-state index in [0.29, 0.717) is 126 Å². The Balaban J connectivity index is 0.893. The summed E-state index contributed by atoms with van der Waals surface area (Å²) in [6, 6.07) is -4.25. The zero-order chi connectivity index (χ0) is 79.8. The molecule has 38 nitrogen and oxygen atoms in total. The van der Waals surface area contributed by atoms with Crippen LogP contribution in [0.4, 0.5) is 4.79 Å². The monoisotopic (exact) mass is 1590 g/mol. The van der Waals surface area contributed by atoms with Crippen molar-refractivity contribution in [2.24, 2.45) is 35.3 Å². The highest BCUT2D eigenvalue weighted by Gasteiger charge is 2.46. The van der Waals surface area contributed by atoms with Gasteiger partial charge < -0.3 is 111 Å². The quantitative estimate of drug-likeness (QED) is 0.0223. The Morgan fingerprint density at radius 3 is 1.99 bits per heavy atom. The number of primary amides is 1. The fourth-order valence-electron chi connectivity index (χ4n) is 12.8. The second-order valence-electron chi connectivity index (χ2n) is 27.2. The van der Waals surface area contributed by atoms with Gasteiger partial charge in [0.15, 0.2) is 11.6 Å². The van der Waals surface area contributed by atoms with Crippen molar-refractivity contribution in [3.63, 3.8) is 0 Å². The van der Waals surface area contributed by atoms with Crippen molar-refractivity contribution in [1.82, 2.24) is 68.0 Å². The van der Waals surface area contributed by atoms with Crippen LogP contribution in [-0.2, 0) is 109 Å². The van der Waals surface area contributed by atoms with E-state index >= 15 is 9.00 Å². The third kappa shape index (κ3) is 27.4. The van der Waals surface area contributed by atoms with Crippen molar-refractivity contribution >= 4 is 104 Å². The number of Topliss-reactive ketones (excluding diaryl/α,β-unsaturated/α-hetero) is 2. The number of nitrogens with one attached hydrogen (secondary N) is 10. The molecule has 15 N–H and O–H groups in total. The van der Waals surface area contributed by atoms with Crippen LogP contribution in [-0.4, -0.2) is 310 Å². The number of carbonyl (C=O) groups is 12. The number of aromatic nitrogens is 1. The summed E-state index contributed by atoms with van der Waals surface area (Å²) >= 11 is 1.37. The molecule has 2 saturated heterocycles. The highest BCUT2D eigenvalue weighted by molar-refractivity contribution is 7.98. The molecule has 5 aliphatic rings. The molecule has 5 aliphatic heterocycles. The predicted molar refractivity (Wildman–Crippen MR) is 394 cm³/mol. The van der Waals surface area contributed by atoms with Crippen LogP contribution >= 0.6 is 11.8 Å². The number of thioether (sulfide) groups is 1. The summed E-state index contributed by atoms with van der Waals surface area (Å²) in [6.07, 6.45) is -3.45. The van der Waals surface area contributed by atoms with Crippen LogP contribution in [0.25, 0.3) is 10.9 Å². The Morgan fingerprint density at radius 1 is 0.755 bits per heavy atom. The molecule has 0 aliphatic carbocycles. The van der Waals surface area contributed by atoms with Gasteiger partial charge in [0, 0.05) is 97.6 Å². The number of nitrogens with zero attached hydrogens (tertiary/aromatic N) is 3. The predicted octanol–water partition coefficient (Wildman–Crippen LogP) is -4.23. The van der Waals surface area contributed by atoms with Gasteiger partial charge in [0.2, 0.25) is 53.2 Å². The van der Waals surface area contributed by atoms with Gasteiger partial charge in [-0.1, -0.05) is 34.1 Å². The van der Waals surface area contributed by atoms with Crippen LogP contribution in [0.1, 0.15) is 77.3 Å². The summed E-state index contributed by atoms with van der Waals surface area (Å²) in [5.41, 5.74) is 13.2. The zero-order valence-corrected chi connectivity index (χ0v) is 64.5. The van der Waals surface area contributed by atoms with Gasteiger partial charge in [0.25, 0.3) is 0 Å². The van der Waals surface area contributed by atoms with Crippen LogP contribution in [0.15, 0.2) is 29.1 Å². The molecule has 1 aromatic carbocycles. The molecule has 7 rings (SSSR count). The number of aliphatic hydroxyl groups is 3. The zero-order valence-electron chi connectivity index (χ0n) is 62.9. The number of methoxy groups -OCH3 is 1. The molecule has 40 heteroatoms. The second-order valence-corrected chi connectivity index (χ2v) is 29.8. The van der Waals surface area contributed by atoms with Gasteiger partial charge in [-0.3, -0.25) is 66.9 Å². The number of hydrogen-bond acceptors (Lipinski definition) is 28. The number of hydrogen-bond donors (Lipinski definition) is 14. The fraction of sp³-hybridized carbons (Fsp3) is 0.686. The molecule has 0 saturated carbocycles. The summed E-state index contributed by atoms with van der Waals surface area (Å²) in [4.78, 5) is 170. The Hall–Kier alpha value is -8.00. The number of aromatic amines is 1. The van der Waals surface area contributed by atoms with E-state index in [9.17, 15) is 68.1 Å². The number of ether oxygens (including phenoxy) is 8. The molecule has 2 bridgehead atoms. The van der Waals surface area contributed by atoms with Crippen molar-refractivity contribution in [2.75, 3.05) is 164 Å². The topological polar surface area (TPSA) is 516 Å². The smallest absolute Gasteiger partial charge is 0.314 e. The van der Waals surface area contributed by atoms with Gasteiger partial charge in [0.05, 0.1) is 185 Å². The van der Waals surface area contributed by atoms with Crippen molar-refractivity contribution < 1.29 is 115 Å². The minimum absolute atomic E-state index is 0.119. The number of urea groups is 1. The molecule has 2 unspecified atom stereocenters. The van der Waals surface area contributed by atoms with Crippen LogP contribution in [0.5, 0.6) is 5.75 Å². The molecule has 2 fully saturated rings. The van der Waals surface area contributed by atoms with Gasteiger partial charge in [-0.15, -0.1) is 5.53 Å². The Kier molecular flexibility index (Phi) is 37.4. The standard InChI is InChI=1S/C70H108N14O24S2/c1-6-41(2)49-30-46(86)33-74-63(93)44-28-50-48-7-8-57(101-5)51(39-109-26-10-73-70(99)72-9-12-102-14-16-104-18-20-106-22-24-108-25-23-107-21-19-105-17-15-103-13-11-82-35-45(80-81-82)36-84-60(92)27-42(3)68(84)97)62(48)79-67(50)110(100)40-53(76-59(91)34-75-64(49)94)65(95)77-52(32-58(71)90)69(98)83-37-47(87)31-54(83)66(96)78-61(55(88)29-44)43(4)56(89)38-85/h7-8,35,41-44,47,49,52-54,56,61,79-81,85,87,89H,6,9-34,36-40H2,1-5H3,(H2,71,90)(H,74,93)(H,75,94)(H,76,91)(H,77,95)(H,78,96)(H2,72,73,99)/t41-,42?,43-,44+,47+,49-,52-,53-,54-,56-,61-,110?/m0/s1. The first-order chi connectivity index (χ1) is 52.8. The number of fused-ring (bicyclic) bond motifs is 5. The number of H-pyrrole nitrogens is 1. The van der Waals surface area contributed by atoms with Crippen molar-refractivity contribution in [1.29, 1.82) is 0 Å². The average molecular weight is 1590 g/mol.